The third-order valence-electron chi connectivity index (χ3n) is 4.86. The molecule has 1 fully saturated rings. The van der Waals surface area contributed by atoms with Gasteiger partial charge in [-0.3, -0.25) is 4.79 Å². The van der Waals surface area contributed by atoms with Crippen molar-refractivity contribution in [2.45, 2.75) is 52.0 Å². The molecule has 0 aliphatic carbocycles. The largest absolute Gasteiger partial charge is 0.342 e. The molecule has 1 atom stereocenters. The molecule has 0 spiro atoms. The first-order valence-corrected chi connectivity index (χ1v) is 8.86. The predicted octanol–water partition coefficient (Wildman–Crippen LogP) is 2.28. The number of likely N-dealkylation sites (tertiary alicyclic amines) is 1. The van der Waals surface area contributed by atoms with E-state index >= 15 is 0 Å². The molecule has 130 valence electrons. The van der Waals surface area contributed by atoms with Gasteiger partial charge in [0, 0.05) is 64.0 Å². The van der Waals surface area contributed by atoms with Gasteiger partial charge >= 0.3 is 0 Å². The third-order valence-corrected chi connectivity index (χ3v) is 4.86. The number of piperidine rings is 1. The van der Waals surface area contributed by atoms with Gasteiger partial charge in [-0.2, -0.15) is 0 Å². The highest BCUT2D eigenvalue weighted by atomic mass is 16.2. The molecule has 2 aromatic rings. The van der Waals surface area contributed by atoms with Gasteiger partial charge in [-0.05, 0) is 19.8 Å². The number of hydrogen-bond donors (Lipinski definition) is 0. The molecular weight excluding hydrogens is 302 g/mol. The number of aryl methyl sites for hydroxylation is 4. The Morgan fingerprint density at radius 2 is 2.25 bits per heavy atom. The Morgan fingerprint density at radius 1 is 1.42 bits per heavy atom. The van der Waals surface area contributed by atoms with Crippen LogP contribution in [0.4, 0.5) is 0 Å². The summed E-state index contributed by atoms with van der Waals surface area (Å²) in [7, 11) is 2.04. The predicted molar refractivity (Wildman–Crippen MR) is 92.7 cm³/mol. The van der Waals surface area contributed by atoms with Crippen LogP contribution in [0.3, 0.4) is 0 Å². The summed E-state index contributed by atoms with van der Waals surface area (Å²) in [4.78, 5) is 23.6. The second kappa shape index (κ2) is 7.20. The summed E-state index contributed by atoms with van der Waals surface area (Å²) in [6.45, 7) is 6.47. The summed E-state index contributed by atoms with van der Waals surface area (Å²) < 4.78 is 4.19. The molecule has 2 aromatic heterocycles. The Morgan fingerprint density at radius 3 is 2.96 bits per heavy atom. The molecule has 6 heteroatoms. The van der Waals surface area contributed by atoms with Gasteiger partial charge in [-0.25, -0.2) is 9.97 Å². The summed E-state index contributed by atoms with van der Waals surface area (Å²) in [5, 5.41) is 0. The Kier molecular flexibility index (Phi) is 5.02. The molecule has 0 saturated carbocycles. The minimum Gasteiger partial charge on any atom is -0.342 e. The average Bonchev–Trinajstić information content (AvgIpc) is 3.18. The maximum absolute atomic E-state index is 12.6. The molecule has 3 heterocycles. The Hall–Kier alpha value is -2.11. The van der Waals surface area contributed by atoms with Gasteiger partial charge < -0.3 is 14.0 Å². The number of hydrogen-bond acceptors (Lipinski definition) is 3. The summed E-state index contributed by atoms with van der Waals surface area (Å²) in [6.07, 6.45) is 9.41. The van der Waals surface area contributed by atoms with Crippen molar-refractivity contribution in [1.29, 1.82) is 0 Å². The quantitative estimate of drug-likeness (QED) is 0.846. The molecule has 0 radical (unpaired) electrons. The highest BCUT2D eigenvalue weighted by Gasteiger charge is 2.27. The van der Waals surface area contributed by atoms with Gasteiger partial charge in [0.15, 0.2) is 0 Å². The molecule has 1 aliphatic rings. The molecule has 0 aromatic carbocycles. The van der Waals surface area contributed by atoms with E-state index in [1.807, 2.05) is 31.3 Å². The maximum atomic E-state index is 12.6. The Balaban J connectivity index is 1.60. The van der Waals surface area contributed by atoms with Crippen molar-refractivity contribution in [2.75, 3.05) is 13.1 Å². The van der Waals surface area contributed by atoms with Crippen LogP contribution in [-0.4, -0.2) is 43.0 Å². The summed E-state index contributed by atoms with van der Waals surface area (Å²) in [6, 6.07) is 0. The second-order valence-corrected chi connectivity index (χ2v) is 6.67. The Labute approximate surface area is 143 Å². The number of amides is 1. The summed E-state index contributed by atoms with van der Waals surface area (Å²) in [5.74, 6) is 2.73. The van der Waals surface area contributed by atoms with Crippen LogP contribution >= 0.6 is 0 Å². The second-order valence-electron chi connectivity index (χ2n) is 6.67. The van der Waals surface area contributed by atoms with Crippen LogP contribution in [0.5, 0.6) is 0 Å². The molecule has 0 bridgehead atoms. The zero-order valence-electron chi connectivity index (χ0n) is 14.9. The normalized spacial score (nSPS) is 18.1. The van der Waals surface area contributed by atoms with E-state index in [0.717, 1.165) is 49.7 Å². The molecule has 1 amide bonds. The van der Waals surface area contributed by atoms with Crippen molar-refractivity contribution in [3.8, 4) is 0 Å². The molecule has 6 nitrogen and oxygen atoms in total. The molecule has 24 heavy (non-hydrogen) atoms. The molecular formula is C18H27N5O. The standard InChI is InChI=1S/C18H27N5O/c1-4-16-19-8-11-22(16)10-7-17(24)23-9-5-6-15(13-23)18-20-14(2)12-21(18)3/h8,11-12,15H,4-7,9-10,13H2,1-3H3/t15-/m0/s1. The minimum atomic E-state index is 0.237. The van der Waals surface area contributed by atoms with Crippen LogP contribution in [0.15, 0.2) is 18.6 Å². The van der Waals surface area contributed by atoms with Crippen LogP contribution < -0.4 is 0 Å². The van der Waals surface area contributed by atoms with Gasteiger partial charge in [0.1, 0.15) is 11.6 Å². The van der Waals surface area contributed by atoms with Gasteiger partial charge in [-0.1, -0.05) is 6.92 Å². The zero-order valence-corrected chi connectivity index (χ0v) is 14.9. The van der Waals surface area contributed by atoms with E-state index in [2.05, 4.69) is 32.2 Å². The summed E-state index contributed by atoms with van der Waals surface area (Å²) >= 11 is 0. The van der Waals surface area contributed by atoms with Crippen molar-refractivity contribution in [3.05, 3.63) is 35.9 Å². The number of carbonyl (C=O) groups is 1. The molecule has 1 aliphatic heterocycles. The van der Waals surface area contributed by atoms with Crippen molar-refractivity contribution >= 4 is 5.91 Å². The number of rotatable bonds is 5. The topological polar surface area (TPSA) is 56.0 Å². The first-order valence-electron chi connectivity index (χ1n) is 8.86. The molecule has 0 N–H and O–H groups in total. The van der Waals surface area contributed by atoms with Crippen LogP contribution in [0, 0.1) is 6.92 Å². The maximum Gasteiger partial charge on any atom is 0.224 e. The minimum absolute atomic E-state index is 0.237. The number of carbonyl (C=O) groups excluding carboxylic acids is 1. The van der Waals surface area contributed by atoms with E-state index in [1.165, 1.54) is 0 Å². The van der Waals surface area contributed by atoms with Crippen LogP contribution in [0.25, 0.3) is 0 Å². The fraction of sp³-hybridized carbons (Fsp3) is 0.611. The van der Waals surface area contributed by atoms with E-state index in [1.54, 1.807) is 0 Å². The van der Waals surface area contributed by atoms with Crippen LogP contribution in [-0.2, 0) is 24.8 Å². The lowest BCUT2D eigenvalue weighted by molar-refractivity contribution is -0.132. The zero-order chi connectivity index (χ0) is 17.1. The van der Waals surface area contributed by atoms with Crippen molar-refractivity contribution in [1.82, 2.24) is 24.0 Å². The van der Waals surface area contributed by atoms with Crippen molar-refractivity contribution in [3.63, 3.8) is 0 Å². The van der Waals surface area contributed by atoms with Gasteiger partial charge in [0.05, 0.1) is 5.69 Å². The van der Waals surface area contributed by atoms with Crippen molar-refractivity contribution < 1.29 is 4.79 Å². The fourth-order valence-corrected chi connectivity index (χ4v) is 3.66. The van der Waals surface area contributed by atoms with E-state index in [0.29, 0.717) is 18.9 Å². The number of aromatic nitrogens is 4. The van der Waals surface area contributed by atoms with Gasteiger partial charge in [0.25, 0.3) is 0 Å². The lowest BCUT2D eigenvalue weighted by atomic mass is 9.97. The van der Waals surface area contributed by atoms with Crippen LogP contribution in [0.1, 0.15) is 49.4 Å². The first-order chi connectivity index (χ1) is 11.6. The number of imidazole rings is 2. The smallest absolute Gasteiger partial charge is 0.224 e. The summed E-state index contributed by atoms with van der Waals surface area (Å²) in [5.41, 5.74) is 1.04. The Bertz CT molecular complexity index is 702. The van der Waals surface area contributed by atoms with E-state index in [-0.39, 0.29) is 5.91 Å². The van der Waals surface area contributed by atoms with E-state index in [9.17, 15) is 4.79 Å². The van der Waals surface area contributed by atoms with E-state index < -0.39 is 0 Å². The fourth-order valence-electron chi connectivity index (χ4n) is 3.66. The SMILES string of the molecule is CCc1nccn1CCC(=O)N1CCC[C@H](c2nc(C)cn2C)C1. The molecule has 3 rings (SSSR count). The first kappa shape index (κ1) is 16.7. The third kappa shape index (κ3) is 3.52. The lowest BCUT2D eigenvalue weighted by Crippen LogP contribution is -2.40. The molecule has 1 saturated heterocycles. The molecule has 0 unspecified atom stereocenters. The monoisotopic (exact) mass is 329 g/mol. The van der Waals surface area contributed by atoms with Crippen LogP contribution in [0.2, 0.25) is 0 Å². The van der Waals surface area contributed by atoms with Crippen molar-refractivity contribution in [2.24, 2.45) is 7.05 Å². The van der Waals surface area contributed by atoms with Gasteiger partial charge in [-0.15, -0.1) is 0 Å². The highest BCUT2D eigenvalue weighted by Crippen LogP contribution is 2.26. The average molecular weight is 329 g/mol. The van der Waals surface area contributed by atoms with E-state index in [4.69, 9.17) is 0 Å². The lowest BCUT2D eigenvalue weighted by Gasteiger charge is -2.32. The number of nitrogens with zero attached hydrogens (tertiary/aromatic N) is 5. The highest BCUT2D eigenvalue weighted by molar-refractivity contribution is 5.76. The van der Waals surface area contributed by atoms with Gasteiger partial charge in [0.2, 0.25) is 5.91 Å².